The summed E-state index contributed by atoms with van der Waals surface area (Å²) in [4.78, 5) is 31.1. The summed E-state index contributed by atoms with van der Waals surface area (Å²) < 4.78 is 0. The Morgan fingerprint density at radius 2 is 1.73 bits per heavy atom. The van der Waals surface area contributed by atoms with Crippen molar-refractivity contribution < 1.29 is 9.59 Å². The zero-order valence-electron chi connectivity index (χ0n) is 15.9. The molecule has 0 radical (unpaired) electrons. The molecule has 2 aliphatic heterocycles. The van der Waals surface area contributed by atoms with E-state index in [1.807, 2.05) is 29.2 Å². The molecule has 0 bridgehead atoms. The van der Waals surface area contributed by atoms with Crippen LogP contribution in [-0.4, -0.2) is 79.4 Å². The molecule has 0 unspecified atom stereocenters. The van der Waals surface area contributed by atoms with Gasteiger partial charge in [-0.05, 0) is 44.6 Å². The molecule has 0 spiro atoms. The lowest BCUT2D eigenvalue weighted by molar-refractivity contribution is -0.122. The number of benzene rings is 1. The highest BCUT2D eigenvalue weighted by Gasteiger charge is 2.24. The van der Waals surface area contributed by atoms with Crippen molar-refractivity contribution in [2.75, 3.05) is 46.8 Å². The molecular formula is C20H30N4O2. The molecule has 0 saturated carbocycles. The number of carbonyl (C=O) groups excluding carboxylic acids is 2. The van der Waals surface area contributed by atoms with Gasteiger partial charge in [0.25, 0.3) is 5.91 Å². The Hall–Kier alpha value is -1.92. The Labute approximate surface area is 156 Å². The molecule has 1 N–H and O–H groups in total. The molecule has 26 heavy (non-hydrogen) atoms. The molecule has 2 aliphatic rings. The highest BCUT2D eigenvalue weighted by molar-refractivity contribution is 5.94. The summed E-state index contributed by atoms with van der Waals surface area (Å²) in [6.07, 6.45) is 2.72. The maximum atomic E-state index is 12.4. The van der Waals surface area contributed by atoms with Crippen LogP contribution >= 0.6 is 0 Å². The molecule has 3 rings (SSSR count). The van der Waals surface area contributed by atoms with Crippen molar-refractivity contribution >= 4 is 11.8 Å². The lowest BCUT2D eigenvalue weighted by atomic mass is 10.1. The largest absolute Gasteiger partial charge is 0.352 e. The number of nitrogens with one attached hydrogen (secondary N) is 1. The Kier molecular flexibility index (Phi) is 6.27. The minimum absolute atomic E-state index is 0.0781. The van der Waals surface area contributed by atoms with Crippen LogP contribution in [0.3, 0.4) is 0 Å². The van der Waals surface area contributed by atoms with E-state index in [2.05, 4.69) is 29.2 Å². The minimum Gasteiger partial charge on any atom is -0.352 e. The van der Waals surface area contributed by atoms with Crippen molar-refractivity contribution in [3.8, 4) is 0 Å². The molecule has 2 fully saturated rings. The quantitative estimate of drug-likeness (QED) is 0.859. The van der Waals surface area contributed by atoms with Gasteiger partial charge in [0.15, 0.2) is 0 Å². The van der Waals surface area contributed by atoms with E-state index in [9.17, 15) is 9.59 Å². The van der Waals surface area contributed by atoms with E-state index in [1.54, 1.807) is 0 Å². The first kappa shape index (κ1) is 18.9. The number of nitrogens with zero attached hydrogens (tertiary/aromatic N) is 3. The maximum absolute atomic E-state index is 12.4. The molecule has 0 aliphatic carbocycles. The maximum Gasteiger partial charge on any atom is 0.253 e. The normalized spacial score (nSPS) is 21.8. The van der Waals surface area contributed by atoms with Gasteiger partial charge in [-0.3, -0.25) is 9.59 Å². The average Bonchev–Trinajstić information content (AvgIpc) is 3.17. The molecule has 1 aromatic carbocycles. The average molecular weight is 358 g/mol. The van der Waals surface area contributed by atoms with Crippen LogP contribution in [0.1, 0.15) is 35.2 Å². The van der Waals surface area contributed by atoms with Gasteiger partial charge in [-0.15, -0.1) is 0 Å². The summed E-state index contributed by atoms with van der Waals surface area (Å²) in [7, 11) is 4.18. The van der Waals surface area contributed by atoms with E-state index in [0.717, 1.165) is 56.7 Å². The SMILES string of the molecule is CN1CCN(C)[C@@H](CC(=O)NCc2ccc(C(=O)N3CCCC3)cc2)C1. The van der Waals surface area contributed by atoms with Gasteiger partial charge in [-0.25, -0.2) is 0 Å². The van der Waals surface area contributed by atoms with E-state index in [0.29, 0.717) is 13.0 Å². The fraction of sp³-hybridized carbons (Fsp3) is 0.600. The van der Waals surface area contributed by atoms with E-state index >= 15 is 0 Å². The second-order valence-electron chi connectivity index (χ2n) is 7.57. The lowest BCUT2D eigenvalue weighted by Crippen LogP contribution is -2.51. The monoisotopic (exact) mass is 358 g/mol. The molecular weight excluding hydrogens is 328 g/mol. The zero-order valence-corrected chi connectivity index (χ0v) is 15.9. The summed E-state index contributed by atoms with van der Waals surface area (Å²) in [5.74, 6) is 0.192. The van der Waals surface area contributed by atoms with Crippen molar-refractivity contribution in [3.63, 3.8) is 0 Å². The summed E-state index contributed by atoms with van der Waals surface area (Å²) in [6.45, 7) is 5.21. The number of rotatable bonds is 5. The predicted octanol–water partition coefficient (Wildman–Crippen LogP) is 1.17. The van der Waals surface area contributed by atoms with Crippen molar-refractivity contribution in [2.45, 2.75) is 31.8 Å². The van der Waals surface area contributed by atoms with Crippen LogP contribution in [0.5, 0.6) is 0 Å². The topological polar surface area (TPSA) is 55.9 Å². The van der Waals surface area contributed by atoms with Gasteiger partial charge in [0.05, 0.1) is 0 Å². The third-order valence-electron chi connectivity index (χ3n) is 5.49. The van der Waals surface area contributed by atoms with Crippen LogP contribution in [0.25, 0.3) is 0 Å². The first-order valence-electron chi connectivity index (χ1n) is 9.56. The van der Waals surface area contributed by atoms with Crippen molar-refractivity contribution in [2.24, 2.45) is 0 Å². The number of piperazine rings is 1. The Balaban J connectivity index is 1.46. The smallest absolute Gasteiger partial charge is 0.253 e. The van der Waals surface area contributed by atoms with Crippen LogP contribution in [0.15, 0.2) is 24.3 Å². The molecule has 1 atom stereocenters. The first-order valence-corrected chi connectivity index (χ1v) is 9.56. The van der Waals surface area contributed by atoms with E-state index in [4.69, 9.17) is 0 Å². The third kappa shape index (κ3) is 4.83. The van der Waals surface area contributed by atoms with Gasteiger partial charge in [-0.2, -0.15) is 0 Å². The van der Waals surface area contributed by atoms with Crippen LogP contribution in [-0.2, 0) is 11.3 Å². The molecule has 6 heteroatoms. The lowest BCUT2D eigenvalue weighted by Gasteiger charge is -2.37. The number of hydrogen-bond acceptors (Lipinski definition) is 4. The van der Waals surface area contributed by atoms with Gasteiger partial charge in [0, 0.05) is 57.3 Å². The Bertz CT molecular complexity index is 625. The number of likely N-dealkylation sites (tertiary alicyclic amines) is 1. The second-order valence-corrected chi connectivity index (χ2v) is 7.57. The van der Waals surface area contributed by atoms with Gasteiger partial charge >= 0.3 is 0 Å². The van der Waals surface area contributed by atoms with Crippen LogP contribution in [0.2, 0.25) is 0 Å². The Morgan fingerprint density at radius 1 is 1.04 bits per heavy atom. The molecule has 2 amide bonds. The molecule has 2 saturated heterocycles. The summed E-state index contributed by atoms with van der Waals surface area (Å²) >= 11 is 0. The predicted molar refractivity (Wildman–Crippen MR) is 102 cm³/mol. The highest BCUT2D eigenvalue weighted by Crippen LogP contribution is 2.14. The van der Waals surface area contributed by atoms with Crippen molar-refractivity contribution in [1.82, 2.24) is 20.0 Å². The fourth-order valence-corrected chi connectivity index (χ4v) is 3.68. The molecule has 0 aromatic heterocycles. The second kappa shape index (κ2) is 8.64. The number of likely N-dealkylation sites (N-methyl/N-ethyl adjacent to an activating group) is 2. The van der Waals surface area contributed by atoms with E-state index < -0.39 is 0 Å². The zero-order chi connectivity index (χ0) is 18.5. The highest BCUT2D eigenvalue weighted by atomic mass is 16.2. The van der Waals surface area contributed by atoms with Gasteiger partial charge < -0.3 is 20.0 Å². The van der Waals surface area contributed by atoms with Gasteiger partial charge in [0.1, 0.15) is 0 Å². The molecule has 6 nitrogen and oxygen atoms in total. The summed E-state index contributed by atoms with van der Waals surface area (Å²) in [6, 6.07) is 7.88. The van der Waals surface area contributed by atoms with E-state index in [-0.39, 0.29) is 17.9 Å². The van der Waals surface area contributed by atoms with Crippen molar-refractivity contribution in [1.29, 1.82) is 0 Å². The number of hydrogen-bond donors (Lipinski definition) is 1. The first-order chi connectivity index (χ1) is 12.5. The molecule has 1 aromatic rings. The minimum atomic E-state index is 0.0781. The van der Waals surface area contributed by atoms with Crippen LogP contribution < -0.4 is 5.32 Å². The Morgan fingerprint density at radius 3 is 2.42 bits per heavy atom. The summed E-state index contributed by atoms with van der Waals surface area (Å²) in [5.41, 5.74) is 1.75. The van der Waals surface area contributed by atoms with Crippen LogP contribution in [0.4, 0.5) is 0 Å². The van der Waals surface area contributed by atoms with E-state index in [1.165, 1.54) is 0 Å². The molecule has 142 valence electrons. The van der Waals surface area contributed by atoms with Gasteiger partial charge in [0.2, 0.25) is 5.91 Å². The number of amides is 2. The van der Waals surface area contributed by atoms with Gasteiger partial charge in [-0.1, -0.05) is 12.1 Å². The summed E-state index contributed by atoms with van der Waals surface area (Å²) in [5, 5.41) is 3.01. The number of carbonyl (C=O) groups is 2. The standard InChI is InChI=1S/C20H30N4O2/c1-22-11-12-23(2)18(15-22)13-19(25)21-14-16-5-7-17(8-6-16)20(26)24-9-3-4-10-24/h5-8,18H,3-4,9-15H2,1-2H3,(H,21,25)/t18-/m0/s1. The van der Waals surface area contributed by atoms with Crippen molar-refractivity contribution in [3.05, 3.63) is 35.4 Å². The fourth-order valence-electron chi connectivity index (χ4n) is 3.68. The third-order valence-corrected chi connectivity index (χ3v) is 5.49. The van der Waals surface area contributed by atoms with Crippen LogP contribution in [0, 0.1) is 0 Å². The molecule has 2 heterocycles.